The smallest absolute Gasteiger partial charge is 0.305 e. The quantitative estimate of drug-likeness (QED) is 0.0605. The van der Waals surface area contributed by atoms with E-state index in [0.717, 1.165) is 55.6 Å². The van der Waals surface area contributed by atoms with E-state index in [-0.39, 0.29) is 42.5 Å². The highest BCUT2D eigenvalue weighted by molar-refractivity contribution is 6.04. The zero-order chi connectivity index (χ0) is 53.8. The van der Waals surface area contributed by atoms with E-state index in [1.807, 2.05) is 134 Å². The molecular weight excluding hydrogens is 945 g/mol. The summed E-state index contributed by atoms with van der Waals surface area (Å²) in [4.78, 5) is 94.2. The number of pyridine rings is 2. The van der Waals surface area contributed by atoms with Crippen molar-refractivity contribution in [3.8, 4) is 22.3 Å². The normalized spacial score (nSPS) is 15.8. The molecular formula is C61H66N6O8. The van der Waals surface area contributed by atoms with E-state index in [9.17, 15) is 39.0 Å². The van der Waals surface area contributed by atoms with E-state index in [1.54, 1.807) is 46.7 Å². The van der Waals surface area contributed by atoms with Crippen molar-refractivity contribution in [2.24, 2.45) is 11.8 Å². The Labute approximate surface area is 438 Å². The molecule has 2 aliphatic rings. The standard InChI is InChI=1S/C61H66N6O8/c1-34(2)20-52(66-33-40-16-9-10-17-46(40)61(66)75)59(73)64-49(27-55(69)70)43-25-45(32-63-30-43)58-38(7)22-41(23-39(58)8)48-26-54(68)67(51-19-12-11-18-47(48)51)53(21-35(3)4)60(74)65-50(28-56(71)72)42-24-44(31-62-29-42)57-36(5)14-13-15-37(57)6/h9-19,22-25,29-32,34-35,48-50,52-53H,20-21,26-28,33H2,1-8H3,(H,64,73)(H,65,74)(H,69,70)(H,71,72)/t48?,49-,50-,52+,53?/m0/s1. The van der Waals surface area contributed by atoms with Gasteiger partial charge >= 0.3 is 11.9 Å². The van der Waals surface area contributed by atoms with Crippen LogP contribution >= 0.6 is 0 Å². The fourth-order valence-electron chi connectivity index (χ4n) is 11.2. The predicted octanol–water partition coefficient (Wildman–Crippen LogP) is 10.4. The highest BCUT2D eigenvalue weighted by Gasteiger charge is 2.41. The maximum absolute atomic E-state index is 14.8. The molecule has 0 spiro atoms. The fourth-order valence-corrected chi connectivity index (χ4v) is 11.2. The number of fused-ring (bicyclic) bond motifs is 2. The molecule has 14 heteroatoms. The maximum Gasteiger partial charge on any atom is 0.305 e. The molecule has 4 amide bonds. The van der Waals surface area contributed by atoms with Crippen molar-refractivity contribution in [1.82, 2.24) is 25.5 Å². The predicted molar refractivity (Wildman–Crippen MR) is 288 cm³/mol. The van der Waals surface area contributed by atoms with Gasteiger partial charge in [-0.05, 0) is 138 Å². The van der Waals surface area contributed by atoms with Crippen molar-refractivity contribution in [3.63, 3.8) is 0 Å². The molecule has 0 aliphatic carbocycles. The summed E-state index contributed by atoms with van der Waals surface area (Å²) >= 11 is 0. The zero-order valence-electron chi connectivity index (χ0n) is 43.9. The number of carbonyl (C=O) groups excluding carboxylic acids is 4. The number of carboxylic acid groups (broad SMARTS) is 2. The maximum atomic E-state index is 14.8. The van der Waals surface area contributed by atoms with E-state index in [0.29, 0.717) is 40.8 Å². The molecule has 4 N–H and O–H groups in total. The zero-order valence-corrected chi connectivity index (χ0v) is 43.9. The lowest BCUT2D eigenvalue weighted by atomic mass is 9.80. The molecule has 8 rings (SSSR count). The molecule has 6 aromatic rings. The number of hydrogen-bond donors (Lipinski definition) is 4. The first-order chi connectivity index (χ1) is 35.8. The molecule has 0 saturated heterocycles. The van der Waals surface area contributed by atoms with Crippen LogP contribution in [0.3, 0.4) is 0 Å². The van der Waals surface area contributed by atoms with Crippen molar-refractivity contribution in [2.75, 3.05) is 4.90 Å². The van der Waals surface area contributed by atoms with E-state index >= 15 is 0 Å². The van der Waals surface area contributed by atoms with Gasteiger partial charge in [-0.2, -0.15) is 0 Å². The molecule has 5 atom stereocenters. The van der Waals surface area contributed by atoms with Crippen LogP contribution in [0.5, 0.6) is 0 Å². The van der Waals surface area contributed by atoms with Crippen molar-refractivity contribution in [3.05, 3.63) is 171 Å². The van der Waals surface area contributed by atoms with E-state index in [1.165, 1.54) is 0 Å². The number of amides is 4. The van der Waals surface area contributed by atoms with E-state index in [2.05, 4.69) is 20.6 Å². The molecule has 75 heavy (non-hydrogen) atoms. The Morgan fingerprint density at radius 3 is 1.68 bits per heavy atom. The number of para-hydroxylation sites is 1. The summed E-state index contributed by atoms with van der Waals surface area (Å²) in [6, 6.07) is 25.0. The van der Waals surface area contributed by atoms with Crippen LogP contribution in [0.1, 0.15) is 138 Å². The third-order valence-corrected chi connectivity index (χ3v) is 14.5. The van der Waals surface area contributed by atoms with Gasteiger partial charge in [-0.15, -0.1) is 0 Å². The minimum Gasteiger partial charge on any atom is -0.481 e. The van der Waals surface area contributed by atoms with Gasteiger partial charge in [0, 0.05) is 66.0 Å². The minimum atomic E-state index is -1.11. The summed E-state index contributed by atoms with van der Waals surface area (Å²) in [6.45, 7) is 16.2. The molecule has 0 bridgehead atoms. The first-order valence-electron chi connectivity index (χ1n) is 25.7. The van der Waals surface area contributed by atoms with Gasteiger partial charge in [-0.1, -0.05) is 94.4 Å². The highest BCUT2D eigenvalue weighted by atomic mass is 16.4. The van der Waals surface area contributed by atoms with Crippen molar-refractivity contribution >= 4 is 41.3 Å². The van der Waals surface area contributed by atoms with Crippen LogP contribution in [0.4, 0.5) is 5.69 Å². The first-order valence-corrected chi connectivity index (χ1v) is 25.7. The van der Waals surface area contributed by atoms with Gasteiger partial charge in [0.05, 0.1) is 24.9 Å². The number of anilines is 1. The van der Waals surface area contributed by atoms with Crippen LogP contribution in [0.25, 0.3) is 22.3 Å². The van der Waals surface area contributed by atoms with Gasteiger partial charge < -0.3 is 25.7 Å². The topological polar surface area (TPSA) is 199 Å². The summed E-state index contributed by atoms with van der Waals surface area (Å²) in [5.74, 6) is -3.90. The highest BCUT2D eigenvalue weighted by Crippen LogP contribution is 2.44. The van der Waals surface area contributed by atoms with Gasteiger partial charge in [0.25, 0.3) is 5.91 Å². The van der Waals surface area contributed by atoms with Crippen molar-refractivity contribution < 1.29 is 39.0 Å². The average Bonchev–Trinajstić information content (AvgIpc) is 3.69. The molecule has 388 valence electrons. The Morgan fingerprint density at radius 1 is 0.627 bits per heavy atom. The van der Waals surface area contributed by atoms with Crippen LogP contribution in [-0.4, -0.2) is 72.7 Å². The van der Waals surface area contributed by atoms with Crippen LogP contribution in [0.15, 0.2) is 116 Å². The second-order valence-corrected chi connectivity index (χ2v) is 21.1. The van der Waals surface area contributed by atoms with E-state index < -0.39 is 60.8 Å². The SMILES string of the molecule is Cc1cccc(C)c1-c1cncc([C@H](CC(=O)O)NC(=O)C(CC(C)C)N2C(=O)CC(c3cc(C)c(-c4cncc([C@H](CC(=O)O)NC(=O)[C@@H](CC(C)C)N5Cc6ccccc6C5=O)c4)c(C)c3)c3ccccc32)c1. The Hall–Kier alpha value is -8.00. The van der Waals surface area contributed by atoms with Gasteiger partial charge in [0.15, 0.2) is 0 Å². The number of rotatable bonds is 19. The molecule has 0 fully saturated rings. The molecule has 0 radical (unpaired) electrons. The Morgan fingerprint density at radius 2 is 1.13 bits per heavy atom. The lowest BCUT2D eigenvalue weighted by Crippen LogP contribution is -2.53. The summed E-state index contributed by atoms with van der Waals surface area (Å²) in [6.07, 6.45) is 6.54. The van der Waals surface area contributed by atoms with Crippen molar-refractivity contribution in [1.29, 1.82) is 0 Å². The van der Waals surface area contributed by atoms with Crippen LogP contribution in [-0.2, 0) is 30.5 Å². The minimum absolute atomic E-state index is 0.00669. The van der Waals surface area contributed by atoms with Crippen LogP contribution < -0.4 is 15.5 Å². The summed E-state index contributed by atoms with van der Waals surface area (Å²) in [5.41, 5.74) is 12.0. The molecule has 4 aromatic carbocycles. The fraction of sp³-hybridized carbons (Fsp3) is 0.344. The summed E-state index contributed by atoms with van der Waals surface area (Å²) in [5, 5.41) is 26.2. The van der Waals surface area contributed by atoms with Crippen LogP contribution in [0.2, 0.25) is 0 Å². The van der Waals surface area contributed by atoms with Gasteiger partial charge in [0.1, 0.15) is 12.1 Å². The number of aromatic nitrogens is 2. The second-order valence-electron chi connectivity index (χ2n) is 21.1. The number of nitrogens with one attached hydrogen (secondary N) is 2. The second kappa shape index (κ2) is 22.6. The number of aryl methyl sites for hydroxylation is 4. The summed E-state index contributed by atoms with van der Waals surface area (Å²) in [7, 11) is 0. The number of hydrogen-bond acceptors (Lipinski definition) is 8. The third-order valence-electron chi connectivity index (χ3n) is 14.5. The molecule has 14 nitrogen and oxygen atoms in total. The first kappa shape index (κ1) is 53.3. The lowest BCUT2D eigenvalue weighted by Gasteiger charge is -2.39. The lowest BCUT2D eigenvalue weighted by molar-refractivity contribution is -0.139. The number of carbonyl (C=O) groups is 6. The molecule has 2 aromatic heterocycles. The Bertz CT molecular complexity index is 3140. The third kappa shape index (κ3) is 11.7. The largest absolute Gasteiger partial charge is 0.481 e. The van der Waals surface area contributed by atoms with E-state index in [4.69, 9.17) is 0 Å². The van der Waals surface area contributed by atoms with Gasteiger partial charge in [0.2, 0.25) is 17.7 Å². The molecule has 2 aliphatic heterocycles. The number of carboxylic acids is 2. The monoisotopic (exact) mass is 1010 g/mol. The molecule has 4 heterocycles. The number of aliphatic carboxylic acids is 2. The number of benzene rings is 4. The van der Waals surface area contributed by atoms with Gasteiger partial charge in [-0.3, -0.25) is 43.6 Å². The number of nitrogens with zero attached hydrogens (tertiary/aromatic N) is 4. The Kier molecular flexibility index (Phi) is 16.1. The van der Waals surface area contributed by atoms with Crippen LogP contribution in [0, 0.1) is 39.5 Å². The summed E-state index contributed by atoms with van der Waals surface area (Å²) < 4.78 is 0. The average molecular weight is 1010 g/mol. The molecule has 0 saturated carbocycles. The van der Waals surface area contributed by atoms with Crippen molar-refractivity contribution in [2.45, 2.75) is 124 Å². The Balaban J connectivity index is 1.06. The molecule has 2 unspecified atom stereocenters. The van der Waals surface area contributed by atoms with Gasteiger partial charge in [-0.25, -0.2) is 0 Å².